The highest BCUT2D eigenvalue weighted by molar-refractivity contribution is 7.89. The van der Waals surface area contributed by atoms with Gasteiger partial charge in [-0.15, -0.1) is 0 Å². The topological polar surface area (TPSA) is 98.5 Å². The van der Waals surface area contributed by atoms with Gasteiger partial charge >= 0.3 is 0 Å². The van der Waals surface area contributed by atoms with E-state index in [0.717, 1.165) is 5.39 Å². The van der Waals surface area contributed by atoms with E-state index in [9.17, 15) is 13.2 Å². The molecule has 0 spiro atoms. The van der Waals surface area contributed by atoms with Gasteiger partial charge in [-0.2, -0.15) is 0 Å². The monoisotopic (exact) mass is 280 g/mol. The van der Waals surface area contributed by atoms with Crippen LogP contribution in [0, 0.1) is 0 Å². The highest BCUT2D eigenvalue weighted by Crippen LogP contribution is 2.22. The Balaban J connectivity index is 2.35. The number of sulfonamides is 1. The molecule has 0 saturated carbocycles. The van der Waals surface area contributed by atoms with Gasteiger partial charge in [0.15, 0.2) is 0 Å². The summed E-state index contributed by atoms with van der Waals surface area (Å²) in [5.74, 6) is -0.763. The fraction of sp³-hybridized carbons (Fsp3) is 0.0833. The minimum atomic E-state index is -3.86. The molecule has 0 aliphatic carbocycles. The Bertz CT molecular complexity index is 707. The van der Waals surface area contributed by atoms with Crippen molar-refractivity contribution in [3.63, 3.8) is 0 Å². The molecule has 0 aliphatic heterocycles. The lowest BCUT2D eigenvalue weighted by atomic mass is 10.1. The number of hydrogen-bond acceptors (Lipinski definition) is 4. The average molecular weight is 280 g/mol. The van der Waals surface area contributed by atoms with Crippen molar-refractivity contribution in [1.82, 2.24) is 4.89 Å². The van der Waals surface area contributed by atoms with Gasteiger partial charge in [-0.1, -0.05) is 41.3 Å². The summed E-state index contributed by atoms with van der Waals surface area (Å²) in [7, 11) is -3.86. The third-order valence-corrected chi connectivity index (χ3v) is 3.69. The number of carbonyl (C=O) groups excluding carboxylic acids is 1. The summed E-state index contributed by atoms with van der Waals surface area (Å²) in [6, 6.07) is 11.9. The highest BCUT2D eigenvalue weighted by Gasteiger charge is 2.17. The van der Waals surface area contributed by atoms with Crippen molar-refractivity contribution in [3.8, 4) is 0 Å². The molecule has 100 valence electrons. The normalized spacial score (nSPS) is 11.6. The van der Waals surface area contributed by atoms with Crippen molar-refractivity contribution >= 4 is 26.7 Å². The van der Waals surface area contributed by atoms with Crippen LogP contribution in [0.25, 0.3) is 10.8 Å². The minimum absolute atomic E-state index is 0.0788. The zero-order chi connectivity index (χ0) is 13.9. The van der Waals surface area contributed by atoms with Gasteiger partial charge in [0.1, 0.15) is 6.61 Å². The van der Waals surface area contributed by atoms with Crippen LogP contribution in [-0.2, 0) is 19.7 Å². The SMILES string of the molecule is NC(=O)CONS(=O)(=O)c1cccc2ccccc12. The van der Waals surface area contributed by atoms with Crippen LogP contribution in [0.4, 0.5) is 0 Å². The fourth-order valence-corrected chi connectivity index (χ4v) is 2.69. The summed E-state index contributed by atoms with van der Waals surface area (Å²) in [6.45, 7) is -0.524. The average Bonchev–Trinajstić information content (AvgIpc) is 2.37. The van der Waals surface area contributed by atoms with Crippen molar-refractivity contribution in [2.75, 3.05) is 6.61 Å². The number of carbonyl (C=O) groups is 1. The van der Waals surface area contributed by atoms with Crippen LogP contribution >= 0.6 is 0 Å². The predicted molar refractivity (Wildman–Crippen MR) is 69.4 cm³/mol. The van der Waals surface area contributed by atoms with Gasteiger partial charge in [0.2, 0.25) is 5.91 Å². The Morgan fingerprint density at radius 2 is 1.84 bits per heavy atom. The van der Waals surface area contributed by atoms with Crippen molar-refractivity contribution < 1.29 is 18.0 Å². The maximum Gasteiger partial charge on any atom is 0.263 e. The van der Waals surface area contributed by atoms with E-state index < -0.39 is 22.5 Å². The van der Waals surface area contributed by atoms with Crippen LogP contribution in [-0.4, -0.2) is 20.9 Å². The second kappa shape index (κ2) is 5.35. The third-order valence-electron chi connectivity index (χ3n) is 2.42. The van der Waals surface area contributed by atoms with Crippen LogP contribution in [0.1, 0.15) is 0 Å². The summed E-state index contributed by atoms with van der Waals surface area (Å²) < 4.78 is 24.1. The molecule has 0 unspecified atom stereocenters. The van der Waals surface area contributed by atoms with Gasteiger partial charge in [0.05, 0.1) is 4.90 Å². The van der Waals surface area contributed by atoms with Gasteiger partial charge in [-0.3, -0.25) is 9.63 Å². The number of rotatable bonds is 5. The van der Waals surface area contributed by atoms with E-state index >= 15 is 0 Å². The number of nitrogens with one attached hydrogen (secondary N) is 1. The molecular formula is C12H12N2O4S. The molecule has 0 atom stereocenters. The van der Waals surface area contributed by atoms with Crippen molar-refractivity contribution in [2.45, 2.75) is 4.90 Å². The summed E-state index contributed by atoms with van der Waals surface area (Å²) in [5.41, 5.74) is 4.85. The largest absolute Gasteiger partial charge is 0.368 e. The van der Waals surface area contributed by atoms with E-state index in [0.29, 0.717) is 5.39 Å². The molecule has 0 aliphatic rings. The molecule has 2 aromatic rings. The molecule has 3 N–H and O–H groups in total. The van der Waals surface area contributed by atoms with Gasteiger partial charge < -0.3 is 5.73 Å². The molecule has 0 fully saturated rings. The molecule has 2 aromatic carbocycles. The second-order valence-corrected chi connectivity index (χ2v) is 5.43. The van der Waals surface area contributed by atoms with Gasteiger partial charge in [-0.25, -0.2) is 8.42 Å². The molecule has 0 heterocycles. The number of benzene rings is 2. The Morgan fingerprint density at radius 1 is 1.16 bits per heavy atom. The number of hydrogen-bond donors (Lipinski definition) is 2. The van der Waals surface area contributed by atoms with E-state index in [-0.39, 0.29) is 4.90 Å². The molecule has 0 aromatic heterocycles. The highest BCUT2D eigenvalue weighted by atomic mass is 32.2. The smallest absolute Gasteiger partial charge is 0.263 e. The Morgan fingerprint density at radius 3 is 2.58 bits per heavy atom. The molecule has 7 heteroatoms. The van der Waals surface area contributed by atoms with E-state index in [1.807, 2.05) is 11.0 Å². The molecule has 0 bridgehead atoms. The number of amides is 1. The van der Waals surface area contributed by atoms with E-state index in [1.54, 1.807) is 30.3 Å². The lowest BCUT2D eigenvalue weighted by Crippen LogP contribution is -2.29. The molecular weight excluding hydrogens is 268 g/mol. The first-order chi connectivity index (χ1) is 9.00. The summed E-state index contributed by atoms with van der Waals surface area (Å²) in [6.07, 6.45) is 0. The maximum absolute atomic E-state index is 12.0. The zero-order valence-electron chi connectivity index (χ0n) is 9.87. The second-order valence-electron chi connectivity index (χ2n) is 3.82. The fourth-order valence-electron chi connectivity index (χ4n) is 1.65. The standard InChI is InChI=1S/C12H12N2O4S/c13-12(15)8-18-14-19(16,17)11-7-3-5-9-4-1-2-6-10(9)11/h1-7,14H,8H2,(H2,13,15). The minimum Gasteiger partial charge on any atom is -0.368 e. The lowest BCUT2D eigenvalue weighted by Gasteiger charge is -2.08. The van der Waals surface area contributed by atoms with E-state index in [2.05, 4.69) is 4.84 Å². The molecule has 6 nitrogen and oxygen atoms in total. The van der Waals surface area contributed by atoms with Gasteiger partial charge in [0, 0.05) is 5.39 Å². The van der Waals surface area contributed by atoms with Crippen LogP contribution in [0.15, 0.2) is 47.4 Å². The van der Waals surface area contributed by atoms with Gasteiger partial charge in [-0.05, 0) is 11.5 Å². The summed E-state index contributed by atoms with van der Waals surface area (Å²) in [4.78, 5) is 17.0. The quantitative estimate of drug-likeness (QED) is 0.781. The van der Waals surface area contributed by atoms with Crippen LogP contribution in [0.3, 0.4) is 0 Å². The molecule has 0 radical (unpaired) electrons. The zero-order valence-corrected chi connectivity index (χ0v) is 10.7. The van der Waals surface area contributed by atoms with Crippen LogP contribution < -0.4 is 10.6 Å². The lowest BCUT2D eigenvalue weighted by molar-refractivity contribution is -0.123. The van der Waals surface area contributed by atoms with Gasteiger partial charge in [0.25, 0.3) is 10.0 Å². The van der Waals surface area contributed by atoms with Crippen LogP contribution in [0.5, 0.6) is 0 Å². The van der Waals surface area contributed by atoms with E-state index in [1.165, 1.54) is 6.07 Å². The predicted octanol–water partition coefficient (Wildman–Crippen LogP) is 0.535. The first kappa shape index (κ1) is 13.5. The molecule has 0 saturated heterocycles. The maximum atomic E-state index is 12.0. The Kier molecular flexibility index (Phi) is 3.79. The molecule has 2 rings (SSSR count). The first-order valence-electron chi connectivity index (χ1n) is 5.40. The molecule has 1 amide bonds. The first-order valence-corrected chi connectivity index (χ1v) is 6.89. The van der Waals surface area contributed by atoms with Crippen molar-refractivity contribution in [2.24, 2.45) is 5.73 Å². The van der Waals surface area contributed by atoms with E-state index in [4.69, 9.17) is 5.73 Å². The number of primary amides is 1. The summed E-state index contributed by atoms with van der Waals surface area (Å²) >= 11 is 0. The third kappa shape index (κ3) is 3.08. The molecule has 19 heavy (non-hydrogen) atoms. The Labute approximate surface area is 110 Å². The number of fused-ring (bicyclic) bond motifs is 1. The number of nitrogens with two attached hydrogens (primary N) is 1. The Hall–Kier alpha value is -1.96. The van der Waals surface area contributed by atoms with Crippen molar-refractivity contribution in [1.29, 1.82) is 0 Å². The van der Waals surface area contributed by atoms with Crippen molar-refractivity contribution in [3.05, 3.63) is 42.5 Å². The summed E-state index contributed by atoms with van der Waals surface area (Å²) in [5, 5.41) is 1.36. The van der Waals surface area contributed by atoms with Crippen LogP contribution in [0.2, 0.25) is 0 Å².